The first-order valence-electron chi connectivity index (χ1n) is 7.86. The molecule has 0 saturated carbocycles. The Morgan fingerprint density at radius 3 is 3.04 bits per heavy atom. The molecule has 0 aromatic carbocycles. The highest BCUT2D eigenvalue weighted by Crippen LogP contribution is 2.29. The standard InChI is InChI=1S/C17H17F2N5/c18-16(19)15-12(8-22-23-15)10-24-6-3-11(4-7-24)14-9-21-17-13(14)2-1-5-20-17/h1-3,5,8-9,16H,4,6-7,10H2,(H,20,21)(H,22,23). The highest BCUT2D eigenvalue weighted by Gasteiger charge is 2.20. The summed E-state index contributed by atoms with van der Waals surface area (Å²) in [4.78, 5) is 9.65. The molecule has 2 N–H and O–H groups in total. The van der Waals surface area contributed by atoms with E-state index in [2.05, 4.69) is 37.2 Å². The van der Waals surface area contributed by atoms with Crippen molar-refractivity contribution in [1.82, 2.24) is 25.1 Å². The number of H-pyrrole nitrogens is 2. The molecule has 24 heavy (non-hydrogen) atoms. The second kappa shape index (κ2) is 6.16. The van der Waals surface area contributed by atoms with Crippen LogP contribution in [0.2, 0.25) is 0 Å². The summed E-state index contributed by atoms with van der Waals surface area (Å²) in [6.07, 6.45) is 5.78. The van der Waals surface area contributed by atoms with Crippen LogP contribution < -0.4 is 0 Å². The number of halogens is 2. The highest BCUT2D eigenvalue weighted by molar-refractivity contribution is 5.90. The van der Waals surface area contributed by atoms with Crippen LogP contribution in [-0.4, -0.2) is 38.2 Å². The van der Waals surface area contributed by atoms with Crippen molar-refractivity contribution >= 4 is 16.6 Å². The van der Waals surface area contributed by atoms with Crippen molar-refractivity contribution < 1.29 is 8.78 Å². The molecule has 124 valence electrons. The van der Waals surface area contributed by atoms with Crippen molar-refractivity contribution in [2.75, 3.05) is 13.1 Å². The molecule has 5 nitrogen and oxygen atoms in total. The normalized spacial score (nSPS) is 16.0. The Balaban J connectivity index is 1.50. The van der Waals surface area contributed by atoms with Crippen LogP contribution in [0.4, 0.5) is 8.78 Å². The molecular weight excluding hydrogens is 312 g/mol. The maximum absolute atomic E-state index is 12.9. The Hall–Kier alpha value is -2.54. The Morgan fingerprint density at radius 1 is 1.33 bits per heavy atom. The third-order valence-corrected chi connectivity index (χ3v) is 4.45. The summed E-state index contributed by atoms with van der Waals surface area (Å²) in [5, 5.41) is 7.25. The summed E-state index contributed by atoms with van der Waals surface area (Å²) < 4.78 is 25.8. The molecule has 0 fully saturated rings. The molecular formula is C17H17F2N5. The van der Waals surface area contributed by atoms with E-state index in [1.807, 2.05) is 12.3 Å². The van der Waals surface area contributed by atoms with Crippen molar-refractivity contribution in [2.24, 2.45) is 0 Å². The number of hydrogen-bond donors (Lipinski definition) is 2. The van der Waals surface area contributed by atoms with Gasteiger partial charge in [0.1, 0.15) is 11.3 Å². The Labute approximate surface area is 137 Å². The van der Waals surface area contributed by atoms with Gasteiger partial charge in [-0.1, -0.05) is 6.08 Å². The Bertz CT molecular complexity index is 880. The summed E-state index contributed by atoms with van der Waals surface area (Å²) in [5.41, 5.74) is 3.82. The minimum absolute atomic E-state index is 0.0764. The molecule has 0 spiro atoms. The average molecular weight is 329 g/mol. The minimum atomic E-state index is -2.52. The maximum atomic E-state index is 12.9. The van der Waals surface area contributed by atoms with Gasteiger partial charge in [0.05, 0.1) is 6.20 Å². The van der Waals surface area contributed by atoms with Gasteiger partial charge in [-0.25, -0.2) is 13.8 Å². The van der Waals surface area contributed by atoms with E-state index < -0.39 is 6.43 Å². The van der Waals surface area contributed by atoms with Gasteiger partial charge in [-0.3, -0.25) is 10.00 Å². The summed E-state index contributed by atoms with van der Waals surface area (Å²) in [6.45, 7) is 2.04. The van der Waals surface area contributed by atoms with E-state index in [1.54, 1.807) is 6.20 Å². The van der Waals surface area contributed by atoms with Crippen LogP contribution in [-0.2, 0) is 6.54 Å². The summed E-state index contributed by atoms with van der Waals surface area (Å²) in [5.74, 6) is 0. The Kier molecular flexibility index (Phi) is 3.86. The van der Waals surface area contributed by atoms with Crippen molar-refractivity contribution in [3.63, 3.8) is 0 Å². The van der Waals surface area contributed by atoms with E-state index in [0.717, 1.165) is 30.5 Å². The van der Waals surface area contributed by atoms with E-state index >= 15 is 0 Å². The summed E-state index contributed by atoms with van der Waals surface area (Å²) >= 11 is 0. The molecule has 0 amide bonds. The SMILES string of the molecule is FC(F)c1[nH]ncc1CN1CC=C(c2c[nH]c3ncccc23)CC1. The van der Waals surface area contributed by atoms with Crippen molar-refractivity contribution in [3.8, 4) is 0 Å². The van der Waals surface area contributed by atoms with E-state index in [-0.39, 0.29) is 5.69 Å². The van der Waals surface area contributed by atoms with E-state index in [9.17, 15) is 8.78 Å². The number of hydrogen-bond acceptors (Lipinski definition) is 3. The molecule has 0 aliphatic carbocycles. The van der Waals surface area contributed by atoms with Crippen LogP contribution in [0.25, 0.3) is 16.6 Å². The molecule has 0 bridgehead atoms. The fraction of sp³-hybridized carbons (Fsp3) is 0.294. The number of aromatic nitrogens is 4. The predicted octanol–water partition coefficient (Wildman–Crippen LogP) is 3.51. The first-order chi connectivity index (χ1) is 11.7. The molecule has 1 aliphatic heterocycles. The second-order valence-corrected chi connectivity index (χ2v) is 5.93. The third-order valence-electron chi connectivity index (χ3n) is 4.45. The first-order valence-corrected chi connectivity index (χ1v) is 7.86. The van der Waals surface area contributed by atoms with Gasteiger partial charge >= 0.3 is 0 Å². The lowest BCUT2D eigenvalue weighted by Crippen LogP contribution is -2.28. The smallest absolute Gasteiger partial charge is 0.280 e. The molecule has 1 aliphatic rings. The monoisotopic (exact) mass is 329 g/mol. The maximum Gasteiger partial charge on any atom is 0.280 e. The highest BCUT2D eigenvalue weighted by atomic mass is 19.3. The van der Waals surface area contributed by atoms with Crippen molar-refractivity contribution in [2.45, 2.75) is 19.4 Å². The number of rotatable bonds is 4. The molecule has 0 unspecified atom stereocenters. The number of nitrogens with one attached hydrogen (secondary N) is 2. The fourth-order valence-electron chi connectivity index (χ4n) is 3.20. The van der Waals surface area contributed by atoms with Crippen LogP contribution in [0.15, 0.2) is 36.8 Å². The topological polar surface area (TPSA) is 60.6 Å². The van der Waals surface area contributed by atoms with E-state index in [0.29, 0.717) is 12.1 Å². The van der Waals surface area contributed by atoms with E-state index in [1.165, 1.54) is 17.3 Å². The van der Waals surface area contributed by atoms with Crippen LogP contribution in [0, 0.1) is 0 Å². The van der Waals surface area contributed by atoms with Crippen LogP contribution >= 0.6 is 0 Å². The quantitative estimate of drug-likeness (QED) is 0.770. The zero-order valence-corrected chi connectivity index (χ0v) is 13.0. The lowest BCUT2D eigenvalue weighted by molar-refractivity contribution is 0.143. The third kappa shape index (κ3) is 2.71. The fourth-order valence-corrected chi connectivity index (χ4v) is 3.20. The minimum Gasteiger partial charge on any atom is -0.346 e. The van der Waals surface area contributed by atoms with Gasteiger partial charge in [-0.2, -0.15) is 5.10 Å². The number of pyridine rings is 1. The lowest BCUT2D eigenvalue weighted by Gasteiger charge is -2.26. The molecule has 3 aromatic heterocycles. The molecule has 7 heteroatoms. The number of fused-ring (bicyclic) bond motifs is 1. The Morgan fingerprint density at radius 2 is 2.25 bits per heavy atom. The van der Waals surface area contributed by atoms with Crippen molar-refractivity contribution in [1.29, 1.82) is 0 Å². The summed E-state index contributed by atoms with van der Waals surface area (Å²) in [7, 11) is 0. The van der Waals surface area contributed by atoms with Gasteiger partial charge in [0.15, 0.2) is 0 Å². The summed E-state index contributed by atoms with van der Waals surface area (Å²) in [6, 6.07) is 3.99. The van der Waals surface area contributed by atoms with Crippen molar-refractivity contribution in [3.05, 3.63) is 53.6 Å². The predicted molar refractivity (Wildman–Crippen MR) is 87.5 cm³/mol. The average Bonchev–Trinajstić information content (AvgIpc) is 3.22. The number of alkyl halides is 2. The zero-order chi connectivity index (χ0) is 16.5. The van der Waals surface area contributed by atoms with E-state index in [4.69, 9.17) is 0 Å². The zero-order valence-electron chi connectivity index (χ0n) is 13.0. The molecule has 0 atom stereocenters. The van der Waals surface area contributed by atoms with Gasteiger partial charge in [-0.15, -0.1) is 0 Å². The second-order valence-electron chi connectivity index (χ2n) is 5.93. The van der Waals surface area contributed by atoms with Gasteiger partial charge < -0.3 is 4.98 Å². The van der Waals surface area contributed by atoms with Gasteiger partial charge in [0.2, 0.25) is 0 Å². The first kappa shape index (κ1) is 15.0. The van der Waals surface area contributed by atoms with Crippen LogP contribution in [0.1, 0.15) is 29.7 Å². The van der Waals surface area contributed by atoms with Gasteiger partial charge in [-0.05, 0) is 24.1 Å². The number of nitrogens with zero attached hydrogens (tertiary/aromatic N) is 3. The molecule has 4 heterocycles. The molecule has 0 saturated heterocycles. The molecule has 4 rings (SSSR count). The number of aromatic amines is 2. The van der Waals surface area contributed by atoms with Gasteiger partial charge in [0, 0.05) is 48.5 Å². The van der Waals surface area contributed by atoms with Gasteiger partial charge in [0.25, 0.3) is 6.43 Å². The van der Waals surface area contributed by atoms with Crippen LogP contribution in [0.3, 0.4) is 0 Å². The largest absolute Gasteiger partial charge is 0.346 e. The molecule has 0 radical (unpaired) electrons. The van der Waals surface area contributed by atoms with Crippen LogP contribution in [0.5, 0.6) is 0 Å². The lowest BCUT2D eigenvalue weighted by atomic mass is 9.99. The molecule has 3 aromatic rings.